The molecule has 1 amide bonds. The molecule has 5 rings (SSSR count). The van der Waals surface area contributed by atoms with Crippen molar-refractivity contribution >= 4 is 45.7 Å². The van der Waals surface area contributed by atoms with Crippen LogP contribution in [0.15, 0.2) is 76.4 Å². The number of fused-ring (bicyclic) bond motifs is 1. The summed E-state index contributed by atoms with van der Waals surface area (Å²) < 4.78 is 10.6. The van der Waals surface area contributed by atoms with Crippen molar-refractivity contribution in [1.29, 1.82) is 0 Å². The molecule has 1 atom stereocenters. The fraction of sp³-hybridized carbons (Fsp3) is 0.125. The van der Waals surface area contributed by atoms with Crippen LogP contribution in [0.3, 0.4) is 0 Å². The number of benzene rings is 2. The standard InChI is InChI=1S/C24H17Cl2N3O3/c1-31-17-8-7-15-11-18(23(26)27-19(15)12-17)21-13-20(14-4-2-5-16(25)10-14)28-29(21)24(30)22-6-3-9-32-22/h2-12,21H,13H2,1H3. The van der Waals surface area contributed by atoms with Gasteiger partial charge in [0.2, 0.25) is 0 Å². The number of nitrogens with zero attached hydrogens (tertiary/aromatic N) is 3. The minimum absolute atomic E-state index is 0.195. The fourth-order valence-corrected chi connectivity index (χ4v) is 4.26. The van der Waals surface area contributed by atoms with Gasteiger partial charge in [0.1, 0.15) is 10.9 Å². The van der Waals surface area contributed by atoms with Crippen molar-refractivity contribution in [2.45, 2.75) is 12.5 Å². The van der Waals surface area contributed by atoms with E-state index >= 15 is 0 Å². The quantitative estimate of drug-likeness (QED) is 0.339. The van der Waals surface area contributed by atoms with Crippen LogP contribution in [0.1, 0.15) is 34.1 Å². The first-order valence-corrected chi connectivity index (χ1v) is 10.6. The molecule has 160 valence electrons. The summed E-state index contributed by atoms with van der Waals surface area (Å²) in [5, 5.41) is 7.82. The van der Waals surface area contributed by atoms with E-state index in [1.807, 2.05) is 42.5 Å². The Labute approximate surface area is 194 Å². The Morgan fingerprint density at radius 1 is 1.12 bits per heavy atom. The number of methoxy groups -OCH3 is 1. The van der Waals surface area contributed by atoms with Crippen LogP contribution in [0.4, 0.5) is 0 Å². The number of amides is 1. The van der Waals surface area contributed by atoms with E-state index in [1.54, 1.807) is 25.3 Å². The second-order valence-electron chi connectivity index (χ2n) is 7.33. The van der Waals surface area contributed by atoms with Crippen molar-refractivity contribution < 1.29 is 13.9 Å². The lowest BCUT2D eigenvalue weighted by Gasteiger charge is -2.22. The van der Waals surface area contributed by atoms with Gasteiger partial charge in [-0.05, 0) is 48.0 Å². The second kappa shape index (κ2) is 8.30. The third-order valence-corrected chi connectivity index (χ3v) is 5.91. The average molecular weight is 466 g/mol. The molecule has 0 saturated heterocycles. The van der Waals surface area contributed by atoms with Gasteiger partial charge in [0, 0.05) is 28.5 Å². The van der Waals surface area contributed by atoms with Gasteiger partial charge in [0.05, 0.1) is 30.6 Å². The Morgan fingerprint density at radius 3 is 2.75 bits per heavy atom. The topological polar surface area (TPSA) is 67.9 Å². The van der Waals surface area contributed by atoms with Crippen LogP contribution in [-0.4, -0.2) is 28.7 Å². The molecule has 0 bridgehead atoms. The van der Waals surface area contributed by atoms with Gasteiger partial charge in [-0.3, -0.25) is 4.79 Å². The zero-order valence-corrected chi connectivity index (χ0v) is 18.5. The van der Waals surface area contributed by atoms with Crippen molar-refractivity contribution in [2.24, 2.45) is 5.10 Å². The summed E-state index contributed by atoms with van der Waals surface area (Å²) in [7, 11) is 1.60. The monoisotopic (exact) mass is 465 g/mol. The van der Waals surface area contributed by atoms with Crippen LogP contribution in [0.2, 0.25) is 10.2 Å². The maximum absolute atomic E-state index is 13.2. The lowest BCUT2D eigenvalue weighted by atomic mass is 9.98. The summed E-state index contributed by atoms with van der Waals surface area (Å²) in [6, 6.07) is 17.7. The van der Waals surface area contributed by atoms with Crippen molar-refractivity contribution in [3.63, 3.8) is 0 Å². The summed E-state index contributed by atoms with van der Waals surface area (Å²) in [6.45, 7) is 0. The Morgan fingerprint density at radius 2 is 2.00 bits per heavy atom. The number of hydrazone groups is 1. The number of rotatable bonds is 4. The van der Waals surface area contributed by atoms with E-state index in [1.165, 1.54) is 11.3 Å². The summed E-state index contributed by atoms with van der Waals surface area (Å²) in [5.41, 5.74) is 2.97. The molecular formula is C24H17Cl2N3O3. The van der Waals surface area contributed by atoms with E-state index in [2.05, 4.69) is 10.1 Å². The number of aromatic nitrogens is 1. The SMILES string of the molecule is COc1ccc2cc(C3CC(c4cccc(Cl)c4)=NN3C(=O)c3ccco3)c(Cl)nc2c1. The predicted molar refractivity (Wildman–Crippen MR) is 124 cm³/mol. The van der Waals surface area contributed by atoms with E-state index < -0.39 is 6.04 Å². The summed E-state index contributed by atoms with van der Waals surface area (Å²) in [5.74, 6) is 0.527. The molecule has 1 aliphatic rings. The Kier molecular flexibility index (Phi) is 5.33. The van der Waals surface area contributed by atoms with Crippen molar-refractivity contribution in [2.75, 3.05) is 7.11 Å². The maximum Gasteiger partial charge on any atom is 0.310 e. The highest BCUT2D eigenvalue weighted by atomic mass is 35.5. The van der Waals surface area contributed by atoms with Crippen molar-refractivity contribution in [3.05, 3.63) is 94.0 Å². The number of hydrogen-bond donors (Lipinski definition) is 0. The number of carbonyl (C=O) groups is 1. The number of furan rings is 1. The smallest absolute Gasteiger partial charge is 0.310 e. The number of halogens is 2. The van der Waals surface area contributed by atoms with E-state index in [-0.39, 0.29) is 11.7 Å². The molecule has 3 heterocycles. The number of pyridine rings is 1. The predicted octanol–water partition coefficient (Wildman–Crippen LogP) is 6.13. The molecule has 0 aliphatic carbocycles. The molecule has 0 spiro atoms. The van der Waals surface area contributed by atoms with E-state index in [0.717, 1.165) is 16.7 Å². The molecule has 0 saturated carbocycles. The number of ether oxygens (including phenoxy) is 1. The van der Waals surface area contributed by atoms with Crippen LogP contribution >= 0.6 is 23.2 Å². The van der Waals surface area contributed by atoms with Gasteiger partial charge in [0.15, 0.2) is 5.76 Å². The molecular weight excluding hydrogens is 449 g/mol. The molecule has 0 radical (unpaired) electrons. The first kappa shape index (κ1) is 20.5. The van der Waals surface area contributed by atoms with E-state index in [0.29, 0.717) is 33.4 Å². The second-order valence-corrected chi connectivity index (χ2v) is 8.13. The maximum atomic E-state index is 13.2. The first-order valence-electron chi connectivity index (χ1n) is 9.88. The molecule has 32 heavy (non-hydrogen) atoms. The lowest BCUT2D eigenvalue weighted by Crippen LogP contribution is -2.27. The van der Waals surface area contributed by atoms with Crippen LogP contribution in [0, 0.1) is 0 Å². The fourth-order valence-electron chi connectivity index (χ4n) is 3.80. The Hall–Kier alpha value is -3.35. The van der Waals surface area contributed by atoms with Gasteiger partial charge < -0.3 is 9.15 Å². The molecule has 6 nitrogen and oxygen atoms in total. The number of carbonyl (C=O) groups excluding carboxylic acids is 1. The molecule has 0 N–H and O–H groups in total. The zero-order chi connectivity index (χ0) is 22.2. The largest absolute Gasteiger partial charge is 0.497 e. The highest BCUT2D eigenvalue weighted by Crippen LogP contribution is 2.38. The third-order valence-electron chi connectivity index (χ3n) is 5.37. The van der Waals surface area contributed by atoms with Gasteiger partial charge in [-0.25, -0.2) is 9.99 Å². The zero-order valence-electron chi connectivity index (χ0n) is 17.0. The molecule has 2 aromatic heterocycles. The van der Waals surface area contributed by atoms with Crippen LogP contribution in [-0.2, 0) is 0 Å². The molecule has 0 fully saturated rings. The van der Waals surface area contributed by atoms with Crippen LogP contribution in [0.25, 0.3) is 10.9 Å². The minimum atomic E-state index is -0.451. The summed E-state index contributed by atoms with van der Waals surface area (Å²) >= 11 is 12.8. The highest BCUT2D eigenvalue weighted by molar-refractivity contribution is 6.31. The first-order chi connectivity index (χ1) is 15.5. The van der Waals surface area contributed by atoms with E-state index in [9.17, 15) is 4.79 Å². The molecule has 1 aliphatic heterocycles. The van der Waals surface area contributed by atoms with Crippen molar-refractivity contribution in [3.8, 4) is 5.75 Å². The van der Waals surface area contributed by atoms with Gasteiger partial charge in [-0.1, -0.05) is 35.3 Å². The third kappa shape index (κ3) is 3.72. The number of hydrogen-bond acceptors (Lipinski definition) is 5. The Bertz CT molecular complexity index is 1350. The summed E-state index contributed by atoms with van der Waals surface area (Å²) in [4.78, 5) is 17.8. The molecule has 1 unspecified atom stereocenters. The average Bonchev–Trinajstić information content (AvgIpc) is 3.48. The van der Waals surface area contributed by atoms with Crippen LogP contribution in [0.5, 0.6) is 5.75 Å². The van der Waals surface area contributed by atoms with Gasteiger partial charge in [0.25, 0.3) is 0 Å². The van der Waals surface area contributed by atoms with E-state index in [4.69, 9.17) is 32.4 Å². The van der Waals surface area contributed by atoms with Gasteiger partial charge >= 0.3 is 5.91 Å². The van der Waals surface area contributed by atoms with Crippen molar-refractivity contribution in [1.82, 2.24) is 9.99 Å². The Balaban J connectivity index is 1.60. The normalized spacial score (nSPS) is 15.8. The van der Waals surface area contributed by atoms with Gasteiger partial charge in [-0.15, -0.1) is 0 Å². The minimum Gasteiger partial charge on any atom is -0.497 e. The molecule has 2 aromatic carbocycles. The van der Waals surface area contributed by atoms with Gasteiger partial charge in [-0.2, -0.15) is 5.10 Å². The molecule has 4 aromatic rings. The van der Waals surface area contributed by atoms with Crippen LogP contribution < -0.4 is 4.74 Å². The summed E-state index contributed by atoms with van der Waals surface area (Å²) in [6.07, 6.45) is 1.91. The highest BCUT2D eigenvalue weighted by Gasteiger charge is 2.36. The molecule has 8 heteroatoms. The lowest BCUT2D eigenvalue weighted by molar-refractivity contribution is 0.0678.